The van der Waals surface area contributed by atoms with Gasteiger partial charge in [-0.25, -0.2) is 13.4 Å². The van der Waals surface area contributed by atoms with Gasteiger partial charge < -0.3 is 5.32 Å². The fourth-order valence-electron chi connectivity index (χ4n) is 3.38. The topological polar surface area (TPSA) is 101 Å². The van der Waals surface area contributed by atoms with E-state index in [4.69, 9.17) is 11.6 Å². The molecule has 160 valence electrons. The van der Waals surface area contributed by atoms with Gasteiger partial charge in [-0.15, -0.1) is 0 Å². The molecule has 9 heteroatoms. The second kappa shape index (κ2) is 9.03. The molecule has 0 aliphatic carbocycles. The van der Waals surface area contributed by atoms with Crippen LogP contribution in [-0.4, -0.2) is 31.7 Å². The van der Waals surface area contributed by atoms with Crippen LogP contribution in [0, 0.1) is 0 Å². The Balaban J connectivity index is 1.54. The Labute approximate surface area is 185 Å². The van der Waals surface area contributed by atoms with Crippen LogP contribution in [0.15, 0.2) is 64.5 Å². The summed E-state index contributed by atoms with van der Waals surface area (Å²) in [7, 11) is -3.80. The number of anilines is 1. The first kappa shape index (κ1) is 21.3. The number of pyridine rings is 1. The van der Waals surface area contributed by atoms with E-state index in [-0.39, 0.29) is 15.7 Å². The van der Waals surface area contributed by atoms with E-state index >= 15 is 0 Å². The fraction of sp³-hybridized carbons (Fsp3) is 0.227. The lowest BCUT2D eigenvalue weighted by Crippen LogP contribution is -2.30. The average Bonchev–Trinajstić information content (AvgIpc) is 3.02. The number of halogens is 1. The predicted molar refractivity (Wildman–Crippen MR) is 122 cm³/mol. The second-order valence-corrected chi connectivity index (χ2v) is 9.29. The third-order valence-electron chi connectivity index (χ3n) is 4.96. The maximum Gasteiger partial charge on any atom is 0.274 e. The normalized spacial score (nSPS) is 14.5. The van der Waals surface area contributed by atoms with Crippen molar-refractivity contribution < 1.29 is 13.2 Å². The number of sulfonamides is 1. The summed E-state index contributed by atoms with van der Waals surface area (Å²) < 4.78 is 28.1. The first-order chi connectivity index (χ1) is 14.9. The van der Waals surface area contributed by atoms with E-state index in [2.05, 4.69) is 20.0 Å². The minimum atomic E-state index is -3.80. The van der Waals surface area contributed by atoms with Gasteiger partial charge in [-0.1, -0.05) is 48.4 Å². The van der Waals surface area contributed by atoms with Gasteiger partial charge in [0.2, 0.25) is 0 Å². The number of hydrogen-bond donors (Lipinski definition) is 2. The van der Waals surface area contributed by atoms with Crippen molar-refractivity contribution in [2.24, 2.45) is 4.99 Å². The first-order valence-corrected chi connectivity index (χ1v) is 11.8. The summed E-state index contributed by atoms with van der Waals surface area (Å²) in [6, 6.07) is 15.1. The van der Waals surface area contributed by atoms with Gasteiger partial charge in [0, 0.05) is 24.0 Å². The van der Waals surface area contributed by atoms with Gasteiger partial charge in [-0.2, -0.15) is 0 Å². The maximum absolute atomic E-state index is 12.8. The van der Waals surface area contributed by atoms with E-state index in [1.807, 2.05) is 24.3 Å². The number of nitrogens with zero attached hydrogens (tertiary/aromatic N) is 2. The minimum absolute atomic E-state index is 0.0433. The van der Waals surface area contributed by atoms with Gasteiger partial charge in [0.05, 0.1) is 4.90 Å². The van der Waals surface area contributed by atoms with Gasteiger partial charge in [-0.3, -0.25) is 14.5 Å². The highest BCUT2D eigenvalue weighted by Gasteiger charge is 2.18. The van der Waals surface area contributed by atoms with Crippen molar-refractivity contribution in [3.05, 3.63) is 65.4 Å². The molecule has 0 saturated heterocycles. The lowest BCUT2D eigenvalue weighted by atomic mass is 10.1. The number of carbonyl (C=O) groups excluding carboxylic acids is 1. The van der Waals surface area contributed by atoms with Crippen molar-refractivity contribution >= 4 is 49.8 Å². The van der Waals surface area contributed by atoms with Gasteiger partial charge in [0.25, 0.3) is 15.9 Å². The number of aromatic nitrogens is 1. The Morgan fingerprint density at radius 3 is 2.71 bits per heavy atom. The minimum Gasteiger partial charge on any atom is -0.321 e. The number of nitrogens with one attached hydrogen (secondary N) is 2. The molecule has 0 radical (unpaired) electrons. The first-order valence-electron chi connectivity index (χ1n) is 9.95. The molecule has 1 aliphatic heterocycles. The zero-order chi connectivity index (χ0) is 21.8. The molecule has 1 amide bonds. The van der Waals surface area contributed by atoms with Crippen molar-refractivity contribution in [2.75, 3.05) is 11.9 Å². The van der Waals surface area contributed by atoms with Crippen LogP contribution in [0.3, 0.4) is 0 Å². The highest BCUT2D eigenvalue weighted by Crippen LogP contribution is 2.23. The Kier molecular flexibility index (Phi) is 6.20. The van der Waals surface area contributed by atoms with Crippen molar-refractivity contribution in [1.29, 1.82) is 0 Å². The number of amidine groups is 1. The van der Waals surface area contributed by atoms with E-state index in [1.165, 1.54) is 12.1 Å². The summed E-state index contributed by atoms with van der Waals surface area (Å²) >= 11 is 6.21. The summed E-state index contributed by atoms with van der Waals surface area (Å²) in [4.78, 5) is 21.2. The summed E-state index contributed by atoms with van der Waals surface area (Å²) in [5.74, 6) is -0.00903. The molecule has 0 unspecified atom stereocenters. The average molecular weight is 457 g/mol. The smallest absolute Gasteiger partial charge is 0.274 e. The molecule has 0 saturated carbocycles. The van der Waals surface area contributed by atoms with Gasteiger partial charge >= 0.3 is 0 Å². The molecule has 4 rings (SSSR count). The number of hydrogen-bond acceptors (Lipinski definition) is 5. The third kappa shape index (κ3) is 5.03. The van der Waals surface area contributed by atoms with Crippen molar-refractivity contribution in [2.45, 2.75) is 30.6 Å². The Bertz CT molecular complexity index is 1270. The van der Waals surface area contributed by atoms with E-state index in [1.54, 1.807) is 18.2 Å². The molecule has 0 bridgehead atoms. The van der Waals surface area contributed by atoms with E-state index < -0.39 is 15.9 Å². The summed E-state index contributed by atoms with van der Waals surface area (Å²) in [5, 5.41) is 4.46. The summed E-state index contributed by atoms with van der Waals surface area (Å²) in [5.41, 5.74) is 0.477. The number of carbonyl (C=O) groups is 1. The summed E-state index contributed by atoms with van der Waals surface area (Å²) in [6.45, 7) is 0.620. The second-order valence-electron chi connectivity index (χ2n) is 7.25. The molecular weight excluding hydrogens is 436 g/mol. The molecule has 7 nitrogen and oxygen atoms in total. The molecule has 1 aliphatic rings. The number of amides is 1. The Hall–Kier alpha value is -2.97. The highest BCUT2D eigenvalue weighted by molar-refractivity contribution is 7.90. The van der Waals surface area contributed by atoms with Crippen molar-refractivity contribution in [1.82, 2.24) is 9.71 Å². The molecule has 2 N–H and O–H groups in total. The fourth-order valence-corrected chi connectivity index (χ4v) is 4.78. The van der Waals surface area contributed by atoms with Crippen LogP contribution in [-0.2, 0) is 10.0 Å². The van der Waals surface area contributed by atoms with E-state index in [0.29, 0.717) is 24.5 Å². The summed E-state index contributed by atoms with van der Waals surface area (Å²) in [6.07, 6.45) is 3.49. The zero-order valence-corrected chi connectivity index (χ0v) is 18.2. The lowest BCUT2D eigenvalue weighted by molar-refractivity contribution is 0.102. The van der Waals surface area contributed by atoms with Gasteiger partial charge in [-0.05, 0) is 42.5 Å². The largest absolute Gasteiger partial charge is 0.321 e. The van der Waals surface area contributed by atoms with Gasteiger partial charge in [0.1, 0.15) is 16.7 Å². The maximum atomic E-state index is 12.8. The van der Waals surface area contributed by atoms with Crippen molar-refractivity contribution in [3.8, 4) is 0 Å². The molecule has 0 atom stereocenters. The SMILES string of the molecule is O=C(Nc1cccc(S(=O)(=O)NC2=NCCCCC2)c1)c1cc2ccccc2c(Cl)n1. The quantitative estimate of drug-likeness (QED) is 0.568. The lowest BCUT2D eigenvalue weighted by Gasteiger charge is -2.11. The third-order valence-corrected chi connectivity index (χ3v) is 6.62. The zero-order valence-electron chi connectivity index (χ0n) is 16.6. The standard InChI is InChI=1S/C22H21ClN4O3S/c23-21-18-10-4-3-7-15(18)13-19(26-21)22(28)25-16-8-6-9-17(14-16)31(29,30)27-20-11-2-1-5-12-24-20/h3-4,6-10,13-14H,1-2,5,11-12H2,(H,24,27)(H,25,28). The van der Waals surface area contributed by atoms with E-state index in [0.717, 1.165) is 30.0 Å². The molecule has 3 aromatic rings. The van der Waals surface area contributed by atoms with Crippen LogP contribution < -0.4 is 10.0 Å². The van der Waals surface area contributed by atoms with Crippen LogP contribution in [0.25, 0.3) is 10.8 Å². The van der Waals surface area contributed by atoms with Crippen LogP contribution in [0.5, 0.6) is 0 Å². The molecular formula is C22H21ClN4O3S. The van der Waals surface area contributed by atoms with E-state index in [9.17, 15) is 13.2 Å². The van der Waals surface area contributed by atoms with Crippen molar-refractivity contribution in [3.63, 3.8) is 0 Å². The Morgan fingerprint density at radius 1 is 1.00 bits per heavy atom. The molecule has 2 aromatic carbocycles. The van der Waals surface area contributed by atoms with Gasteiger partial charge in [0.15, 0.2) is 0 Å². The number of rotatable bonds is 4. The highest BCUT2D eigenvalue weighted by atomic mass is 35.5. The number of benzene rings is 2. The molecule has 1 aromatic heterocycles. The molecule has 31 heavy (non-hydrogen) atoms. The van der Waals surface area contributed by atoms with Crippen LogP contribution in [0.4, 0.5) is 5.69 Å². The van der Waals surface area contributed by atoms with Crippen LogP contribution in [0.1, 0.15) is 36.2 Å². The monoisotopic (exact) mass is 456 g/mol. The van der Waals surface area contributed by atoms with Crippen LogP contribution in [0.2, 0.25) is 5.15 Å². The molecule has 2 heterocycles. The predicted octanol–water partition coefficient (Wildman–Crippen LogP) is 4.39. The number of aliphatic imine (C=N–C) groups is 1. The number of fused-ring (bicyclic) bond motifs is 1. The molecule has 0 spiro atoms. The Morgan fingerprint density at radius 2 is 1.84 bits per heavy atom. The molecule has 0 fully saturated rings. The van der Waals surface area contributed by atoms with Crippen LogP contribution >= 0.6 is 11.6 Å².